The van der Waals surface area contributed by atoms with E-state index < -0.39 is 5.97 Å². The second-order valence-corrected chi connectivity index (χ2v) is 3.93. The van der Waals surface area contributed by atoms with Crippen molar-refractivity contribution in [2.45, 2.75) is 25.9 Å². The fourth-order valence-electron chi connectivity index (χ4n) is 1.68. The number of rotatable bonds is 4. The molecule has 0 aliphatic carbocycles. The van der Waals surface area contributed by atoms with Crippen LogP contribution in [-0.2, 0) is 9.53 Å². The predicted octanol–water partition coefficient (Wildman–Crippen LogP) is 1.13. The summed E-state index contributed by atoms with van der Waals surface area (Å²) in [6.07, 6.45) is 4.23. The van der Waals surface area contributed by atoms with Crippen molar-refractivity contribution in [2.24, 2.45) is 0 Å². The Morgan fingerprint density at radius 1 is 1.53 bits per heavy atom. The van der Waals surface area contributed by atoms with Crippen LogP contribution in [0.4, 0.5) is 0 Å². The zero-order valence-corrected chi connectivity index (χ0v) is 9.40. The van der Waals surface area contributed by atoms with Crippen LogP contribution in [0.25, 0.3) is 0 Å². The van der Waals surface area contributed by atoms with E-state index in [2.05, 4.69) is 4.90 Å². The molecule has 0 aromatic carbocycles. The van der Waals surface area contributed by atoms with Gasteiger partial charge in [-0.1, -0.05) is 6.08 Å². The molecule has 1 fully saturated rings. The molecule has 0 bridgehead atoms. The second-order valence-electron chi connectivity index (χ2n) is 3.93. The van der Waals surface area contributed by atoms with Crippen LogP contribution >= 0.6 is 0 Å². The third-order valence-electron chi connectivity index (χ3n) is 2.86. The Labute approximate surface area is 90.5 Å². The van der Waals surface area contributed by atoms with Crippen molar-refractivity contribution < 1.29 is 14.6 Å². The summed E-state index contributed by atoms with van der Waals surface area (Å²) in [5.41, 5.74) is 0.420. The number of nitrogens with zero attached hydrogens (tertiary/aromatic N) is 1. The van der Waals surface area contributed by atoms with Crippen molar-refractivity contribution >= 4 is 5.97 Å². The summed E-state index contributed by atoms with van der Waals surface area (Å²) in [4.78, 5) is 12.8. The van der Waals surface area contributed by atoms with Crippen LogP contribution in [0.1, 0.15) is 19.8 Å². The van der Waals surface area contributed by atoms with Crippen LogP contribution in [0.2, 0.25) is 0 Å². The molecule has 15 heavy (non-hydrogen) atoms. The summed E-state index contributed by atoms with van der Waals surface area (Å²) >= 11 is 0. The van der Waals surface area contributed by atoms with Gasteiger partial charge in [-0.25, -0.2) is 4.79 Å². The molecule has 0 saturated carbocycles. The highest BCUT2D eigenvalue weighted by Crippen LogP contribution is 2.12. The molecule has 1 aliphatic heterocycles. The first kappa shape index (κ1) is 12.2. The first-order chi connectivity index (χ1) is 7.13. The smallest absolute Gasteiger partial charge is 0.330 e. The summed E-state index contributed by atoms with van der Waals surface area (Å²) < 4.78 is 5.27. The molecule has 0 aromatic rings. The van der Waals surface area contributed by atoms with Gasteiger partial charge in [0.15, 0.2) is 0 Å². The second kappa shape index (κ2) is 5.88. The number of piperidine rings is 1. The summed E-state index contributed by atoms with van der Waals surface area (Å²) in [6.45, 7) is 4.34. The largest absolute Gasteiger partial charge is 0.478 e. The number of carboxylic acids is 1. The lowest BCUT2D eigenvalue weighted by atomic mass is 10.1. The number of aliphatic carboxylic acids is 1. The van der Waals surface area contributed by atoms with Crippen LogP contribution < -0.4 is 0 Å². The Balaban J connectivity index is 2.30. The highest BCUT2D eigenvalue weighted by atomic mass is 16.5. The molecule has 1 aliphatic rings. The van der Waals surface area contributed by atoms with Gasteiger partial charge in [0.1, 0.15) is 0 Å². The Morgan fingerprint density at radius 2 is 2.13 bits per heavy atom. The minimum absolute atomic E-state index is 0.380. The van der Waals surface area contributed by atoms with Crippen LogP contribution in [0.5, 0.6) is 0 Å². The van der Waals surface area contributed by atoms with Gasteiger partial charge in [0.25, 0.3) is 0 Å². The molecule has 4 heteroatoms. The first-order valence-corrected chi connectivity index (χ1v) is 5.28. The van der Waals surface area contributed by atoms with E-state index >= 15 is 0 Å². The summed E-state index contributed by atoms with van der Waals surface area (Å²) in [6, 6.07) is 0. The summed E-state index contributed by atoms with van der Waals surface area (Å²) in [5.74, 6) is -0.832. The molecule has 1 N–H and O–H groups in total. The van der Waals surface area contributed by atoms with Gasteiger partial charge in [0.2, 0.25) is 0 Å². The highest BCUT2D eigenvalue weighted by molar-refractivity contribution is 5.85. The standard InChI is InChI=1S/C11H19NO3/c1-9(11(13)14)3-6-12-7-4-10(15-2)5-8-12/h3,10H,4-8H2,1-2H3,(H,13,14). The van der Waals surface area contributed by atoms with Gasteiger partial charge in [-0.3, -0.25) is 4.90 Å². The molecule has 0 spiro atoms. The number of ether oxygens (including phenoxy) is 1. The lowest BCUT2D eigenvalue weighted by molar-refractivity contribution is -0.132. The van der Waals surface area contributed by atoms with Crippen molar-refractivity contribution in [3.8, 4) is 0 Å². The SMILES string of the molecule is COC1CCN(CC=C(C)C(=O)O)CC1. The van der Waals surface area contributed by atoms with E-state index in [-0.39, 0.29) is 0 Å². The minimum atomic E-state index is -0.832. The third kappa shape index (κ3) is 4.01. The van der Waals surface area contributed by atoms with Crippen LogP contribution in [0.3, 0.4) is 0 Å². The van der Waals surface area contributed by atoms with E-state index in [4.69, 9.17) is 9.84 Å². The van der Waals surface area contributed by atoms with E-state index in [1.165, 1.54) is 0 Å². The van der Waals surface area contributed by atoms with Gasteiger partial charge in [-0.2, -0.15) is 0 Å². The average molecular weight is 213 g/mol. The molecule has 0 amide bonds. The number of methoxy groups -OCH3 is 1. The number of carbonyl (C=O) groups is 1. The Kier molecular flexibility index (Phi) is 4.78. The molecule has 0 aromatic heterocycles. The molecular weight excluding hydrogens is 194 g/mol. The van der Waals surface area contributed by atoms with Gasteiger partial charge < -0.3 is 9.84 Å². The zero-order chi connectivity index (χ0) is 11.3. The zero-order valence-electron chi connectivity index (χ0n) is 9.40. The lowest BCUT2D eigenvalue weighted by Gasteiger charge is -2.30. The van der Waals surface area contributed by atoms with Gasteiger partial charge >= 0.3 is 5.97 Å². The average Bonchev–Trinajstić information content (AvgIpc) is 2.26. The maximum atomic E-state index is 10.6. The minimum Gasteiger partial charge on any atom is -0.478 e. The van der Waals surface area contributed by atoms with Crippen LogP contribution in [0, 0.1) is 0 Å². The van der Waals surface area contributed by atoms with Crippen molar-refractivity contribution in [3.63, 3.8) is 0 Å². The van der Waals surface area contributed by atoms with Crippen molar-refractivity contribution in [3.05, 3.63) is 11.6 Å². The van der Waals surface area contributed by atoms with Gasteiger partial charge in [-0.05, 0) is 19.8 Å². The lowest BCUT2D eigenvalue weighted by Crippen LogP contribution is -2.36. The van der Waals surface area contributed by atoms with E-state index in [9.17, 15) is 4.79 Å². The van der Waals surface area contributed by atoms with Crippen LogP contribution in [-0.4, -0.2) is 48.8 Å². The summed E-state index contributed by atoms with van der Waals surface area (Å²) in [7, 11) is 1.74. The van der Waals surface area contributed by atoms with Crippen molar-refractivity contribution in [2.75, 3.05) is 26.7 Å². The maximum Gasteiger partial charge on any atom is 0.330 e. The fraction of sp³-hybridized carbons (Fsp3) is 0.727. The van der Waals surface area contributed by atoms with Gasteiger partial charge in [-0.15, -0.1) is 0 Å². The van der Waals surface area contributed by atoms with E-state index in [1.807, 2.05) is 0 Å². The quantitative estimate of drug-likeness (QED) is 0.711. The fourth-order valence-corrected chi connectivity index (χ4v) is 1.68. The number of hydrogen-bond donors (Lipinski definition) is 1. The Morgan fingerprint density at radius 3 is 2.60 bits per heavy atom. The number of hydrogen-bond acceptors (Lipinski definition) is 3. The molecule has 1 saturated heterocycles. The number of carboxylic acid groups (broad SMARTS) is 1. The molecule has 0 radical (unpaired) electrons. The molecule has 1 heterocycles. The van der Waals surface area contributed by atoms with E-state index in [0.717, 1.165) is 32.5 Å². The molecule has 86 valence electrons. The molecule has 0 unspecified atom stereocenters. The van der Waals surface area contributed by atoms with Crippen LogP contribution in [0.15, 0.2) is 11.6 Å². The third-order valence-corrected chi connectivity index (χ3v) is 2.86. The van der Waals surface area contributed by atoms with E-state index in [0.29, 0.717) is 11.7 Å². The monoisotopic (exact) mass is 213 g/mol. The molecule has 1 rings (SSSR count). The normalized spacial score (nSPS) is 20.5. The maximum absolute atomic E-state index is 10.6. The molecule has 0 atom stereocenters. The van der Waals surface area contributed by atoms with Crippen molar-refractivity contribution in [1.82, 2.24) is 4.90 Å². The number of likely N-dealkylation sites (tertiary alicyclic amines) is 1. The van der Waals surface area contributed by atoms with Gasteiger partial charge in [0.05, 0.1) is 6.10 Å². The van der Waals surface area contributed by atoms with Gasteiger partial charge in [0, 0.05) is 32.3 Å². The topological polar surface area (TPSA) is 49.8 Å². The van der Waals surface area contributed by atoms with Crippen molar-refractivity contribution in [1.29, 1.82) is 0 Å². The summed E-state index contributed by atoms with van der Waals surface area (Å²) in [5, 5.41) is 8.68. The molecule has 4 nitrogen and oxygen atoms in total. The predicted molar refractivity (Wildman–Crippen MR) is 57.9 cm³/mol. The highest BCUT2D eigenvalue weighted by Gasteiger charge is 2.17. The first-order valence-electron chi connectivity index (χ1n) is 5.28. The Bertz CT molecular complexity index is 242. The van der Waals surface area contributed by atoms with E-state index in [1.54, 1.807) is 20.1 Å². The Hall–Kier alpha value is -0.870. The molecular formula is C11H19NO3.